The van der Waals surface area contributed by atoms with Crippen molar-refractivity contribution in [1.29, 1.82) is 0 Å². The molecule has 0 radical (unpaired) electrons. The maximum atomic E-state index is 14.4. The summed E-state index contributed by atoms with van der Waals surface area (Å²) in [6, 6.07) is 10.3. The van der Waals surface area contributed by atoms with Gasteiger partial charge in [0.15, 0.2) is 9.84 Å². The minimum absolute atomic E-state index is 0.0414. The molecule has 1 N–H and O–H groups in total. The van der Waals surface area contributed by atoms with Gasteiger partial charge in [-0.05, 0) is 42.8 Å². The molecule has 3 rings (SSSR count). The Morgan fingerprint density at radius 3 is 2.37 bits per heavy atom. The fourth-order valence-corrected chi connectivity index (χ4v) is 4.44. The summed E-state index contributed by atoms with van der Waals surface area (Å²) in [4.78, 5) is 12.9. The van der Waals surface area contributed by atoms with E-state index in [0.29, 0.717) is 16.9 Å². The van der Waals surface area contributed by atoms with E-state index in [2.05, 4.69) is 10.4 Å². The van der Waals surface area contributed by atoms with Gasteiger partial charge in [0, 0.05) is 17.2 Å². The molecular formula is C25H28ClF2N3O3S. The van der Waals surface area contributed by atoms with Crippen molar-refractivity contribution < 1.29 is 22.0 Å². The molecule has 0 bridgehead atoms. The van der Waals surface area contributed by atoms with E-state index in [0.717, 1.165) is 11.9 Å². The van der Waals surface area contributed by atoms with Crippen LogP contribution in [0.5, 0.6) is 0 Å². The van der Waals surface area contributed by atoms with Crippen LogP contribution in [0.15, 0.2) is 42.5 Å². The zero-order chi connectivity index (χ0) is 26.1. The number of aromatic nitrogens is 2. The molecule has 1 unspecified atom stereocenters. The van der Waals surface area contributed by atoms with Crippen molar-refractivity contribution >= 4 is 27.3 Å². The number of hydrogen-bond donors (Lipinski definition) is 1. The van der Waals surface area contributed by atoms with Crippen molar-refractivity contribution in [2.75, 3.05) is 6.26 Å². The lowest BCUT2D eigenvalue weighted by atomic mass is 9.92. The van der Waals surface area contributed by atoms with Crippen LogP contribution in [-0.2, 0) is 32.3 Å². The fourth-order valence-electron chi connectivity index (χ4n) is 3.47. The van der Waals surface area contributed by atoms with Gasteiger partial charge in [-0.2, -0.15) is 5.10 Å². The standard InChI is InChI=1S/C25H28ClF2N3O3S/c1-15(16-6-7-17(22(28)10-16)14-35(5,33)34)24(32)29-13-19-12-23(25(2,3)4)30-31(19)18-8-9-21(27)20(26)11-18/h6-12,15H,13-14H2,1-5H3,(H,29,32). The number of rotatable bonds is 7. The minimum atomic E-state index is -3.39. The number of carbonyl (C=O) groups is 1. The Bertz CT molecular complexity index is 1360. The summed E-state index contributed by atoms with van der Waals surface area (Å²) in [6.07, 6.45) is 1.03. The van der Waals surface area contributed by atoms with Crippen LogP contribution >= 0.6 is 11.6 Å². The Labute approximate surface area is 209 Å². The first-order chi connectivity index (χ1) is 16.2. The Balaban J connectivity index is 1.82. The molecule has 0 saturated heterocycles. The number of benzene rings is 2. The first-order valence-electron chi connectivity index (χ1n) is 10.9. The summed E-state index contributed by atoms with van der Waals surface area (Å²) in [7, 11) is -3.39. The van der Waals surface area contributed by atoms with Crippen molar-refractivity contribution in [3.05, 3.63) is 81.6 Å². The van der Waals surface area contributed by atoms with E-state index in [1.165, 1.54) is 24.3 Å². The van der Waals surface area contributed by atoms with Crippen LogP contribution in [-0.4, -0.2) is 30.4 Å². The number of sulfone groups is 1. The molecule has 1 aromatic heterocycles. The zero-order valence-electron chi connectivity index (χ0n) is 20.2. The first-order valence-corrected chi connectivity index (χ1v) is 13.4. The summed E-state index contributed by atoms with van der Waals surface area (Å²) in [5.74, 6) is -2.66. The number of hydrogen-bond acceptors (Lipinski definition) is 4. The molecule has 188 valence electrons. The van der Waals surface area contributed by atoms with Crippen molar-refractivity contribution in [3.8, 4) is 5.69 Å². The van der Waals surface area contributed by atoms with Gasteiger partial charge in [-0.1, -0.05) is 44.5 Å². The Kier molecular flexibility index (Phi) is 7.71. The number of halogens is 3. The first kappa shape index (κ1) is 26.8. The fraction of sp³-hybridized carbons (Fsp3) is 0.360. The molecule has 1 atom stereocenters. The SMILES string of the molecule is CC(C(=O)NCc1cc(C(C)(C)C)nn1-c1ccc(F)c(Cl)c1)c1ccc(CS(C)(=O)=O)c(F)c1. The third-order valence-corrected chi connectivity index (χ3v) is 6.66. The van der Waals surface area contributed by atoms with Crippen LogP contribution in [0.2, 0.25) is 5.02 Å². The molecule has 2 aromatic carbocycles. The van der Waals surface area contributed by atoms with E-state index in [1.54, 1.807) is 23.7 Å². The zero-order valence-corrected chi connectivity index (χ0v) is 21.8. The van der Waals surface area contributed by atoms with Crippen molar-refractivity contribution in [2.24, 2.45) is 0 Å². The molecule has 1 heterocycles. The van der Waals surface area contributed by atoms with Gasteiger partial charge in [0.25, 0.3) is 0 Å². The van der Waals surface area contributed by atoms with Gasteiger partial charge in [0.2, 0.25) is 5.91 Å². The number of carbonyl (C=O) groups excluding carboxylic acids is 1. The quantitative estimate of drug-likeness (QED) is 0.469. The van der Waals surface area contributed by atoms with E-state index in [9.17, 15) is 22.0 Å². The molecule has 0 aliphatic heterocycles. The predicted molar refractivity (Wildman–Crippen MR) is 132 cm³/mol. The molecule has 0 aliphatic carbocycles. The summed E-state index contributed by atoms with van der Waals surface area (Å²) < 4.78 is 52.6. The lowest BCUT2D eigenvalue weighted by Gasteiger charge is -2.15. The smallest absolute Gasteiger partial charge is 0.227 e. The van der Waals surface area contributed by atoms with Gasteiger partial charge in [-0.25, -0.2) is 21.9 Å². The van der Waals surface area contributed by atoms with E-state index < -0.39 is 33.1 Å². The summed E-state index contributed by atoms with van der Waals surface area (Å²) in [6.45, 7) is 7.77. The molecule has 35 heavy (non-hydrogen) atoms. The average molecular weight is 524 g/mol. The molecule has 0 saturated carbocycles. The normalized spacial score (nSPS) is 13.0. The second-order valence-corrected chi connectivity index (χ2v) is 12.2. The van der Waals surface area contributed by atoms with E-state index in [-0.39, 0.29) is 28.5 Å². The monoisotopic (exact) mass is 523 g/mol. The maximum Gasteiger partial charge on any atom is 0.227 e. The minimum Gasteiger partial charge on any atom is -0.350 e. The molecule has 0 fully saturated rings. The molecule has 3 aromatic rings. The highest BCUT2D eigenvalue weighted by Crippen LogP contribution is 2.26. The maximum absolute atomic E-state index is 14.4. The second-order valence-electron chi connectivity index (χ2n) is 9.64. The van der Waals surface area contributed by atoms with E-state index >= 15 is 0 Å². The largest absolute Gasteiger partial charge is 0.350 e. The van der Waals surface area contributed by atoms with Gasteiger partial charge in [0.1, 0.15) is 11.6 Å². The third kappa shape index (κ3) is 6.67. The van der Waals surface area contributed by atoms with E-state index in [1.807, 2.05) is 26.8 Å². The highest BCUT2D eigenvalue weighted by Gasteiger charge is 2.23. The topological polar surface area (TPSA) is 81.1 Å². The predicted octanol–water partition coefficient (Wildman–Crippen LogP) is 5.07. The van der Waals surface area contributed by atoms with Crippen LogP contribution < -0.4 is 5.32 Å². The third-order valence-electron chi connectivity index (χ3n) is 5.53. The summed E-state index contributed by atoms with van der Waals surface area (Å²) >= 11 is 5.96. The van der Waals surface area contributed by atoms with Gasteiger partial charge >= 0.3 is 0 Å². The van der Waals surface area contributed by atoms with Gasteiger partial charge in [-0.15, -0.1) is 0 Å². The van der Waals surface area contributed by atoms with Crippen LogP contribution in [0.25, 0.3) is 5.69 Å². The molecule has 10 heteroatoms. The van der Waals surface area contributed by atoms with Crippen LogP contribution in [0.4, 0.5) is 8.78 Å². The number of nitrogens with zero attached hydrogens (tertiary/aromatic N) is 2. The lowest BCUT2D eigenvalue weighted by Crippen LogP contribution is -2.28. The molecule has 0 spiro atoms. The summed E-state index contributed by atoms with van der Waals surface area (Å²) in [5, 5.41) is 7.44. The molecule has 0 aliphatic rings. The van der Waals surface area contributed by atoms with Gasteiger partial charge in [0.05, 0.1) is 40.3 Å². The lowest BCUT2D eigenvalue weighted by molar-refractivity contribution is -0.122. The molecule has 6 nitrogen and oxygen atoms in total. The van der Waals surface area contributed by atoms with Crippen molar-refractivity contribution in [2.45, 2.75) is 51.3 Å². The second kappa shape index (κ2) is 10.1. The number of nitrogens with one attached hydrogen (secondary N) is 1. The van der Waals surface area contributed by atoms with Gasteiger partial charge < -0.3 is 5.32 Å². The van der Waals surface area contributed by atoms with Crippen LogP contribution in [0.1, 0.15) is 56.1 Å². The Morgan fingerprint density at radius 1 is 1.11 bits per heavy atom. The highest BCUT2D eigenvalue weighted by atomic mass is 35.5. The molecular weight excluding hydrogens is 496 g/mol. The average Bonchev–Trinajstić information content (AvgIpc) is 3.19. The summed E-state index contributed by atoms with van der Waals surface area (Å²) in [5.41, 5.74) is 2.19. The van der Waals surface area contributed by atoms with Gasteiger partial charge in [-0.3, -0.25) is 4.79 Å². The Morgan fingerprint density at radius 2 is 1.80 bits per heavy atom. The van der Waals surface area contributed by atoms with Crippen LogP contribution in [0, 0.1) is 11.6 Å². The van der Waals surface area contributed by atoms with Crippen molar-refractivity contribution in [3.63, 3.8) is 0 Å². The van der Waals surface area contributed by atoms with E-state index in [4.69, 9.17) is 11.6 Å². The molecule has 1 amide bonds. The number of amides is 1. The Hall–Kier alpha value is -2.78. The van der Waals surface area contributed by atoms with Crippen molar-refractivity contribution in [1.82, 2.24) is 15.1 Å². The van der Waals surface area contributed by atoms with Crippen LogP contribution in [0.3, 0.4) is 0 Å². The highest BCUT2D eigenvalue weighted by molar-refractivity contribution is 7.89.